The monoisotopic (exact) mass is 618 g/mol. The first kappa shape index (κ1) is 31.8. The number of hydrogen-bond acceptors (Lipinski definition) is 10. The molecule has 1 aromatic heterocycles. The summed E-state index contributed by atoms with van der Waals surface area (Å²) in [6.07, 6.45) is 6.54. The van der Waals surface area contributed by atoms with Gasteiger partial charge in [-0.3, -0.25) is 9.59 Å². The van der Waals surface area contributed by atoms with Crippen LogP contribution in [0.5, 0.6) is 17.5 Å². The predicted octanol–water partition coefficient (Wildman–Crippen LogP) is 5.67. The van der Waals surface area contributed by atoms with Gasteiger partial charge in [-0.1, -0.05) is 37.8 Å². The van der Waals surface area contributed by atoms with Crippen LogP contribution >= 0.6 is 0 Å². The van der Waals surface area contributed by atoms with Gasteiger partial charge in [0.1, 0.15) is 11.5 Å². The van der Waals surface area contributed by atoms with Gasteiger partial charge in [-0.2, -0.15) is 15.0 Å². The lowest BCUT2D eigenvalue weighted by Crippen LogP contribution is -2.35. The van der Waals surface area contributed by atoms with Crippen LogP contribution in [-0.2, 0) is 11.3 Å². The Hall–Kier alpha value is -4.61. The molecule has 6 bridgehead atoms. The van der Waals surface area contributed by atoms with E-state index in [1.54, 1.807) is 30.0 Å². The molecular formula is C33H42N6O6. The zero-order chi connectivity index (χ0) is 31.6. The van der Waals surface area contributed by atoms with Crippen LogP contribution < -0.4 is 24.8 Å². The lowest BCUT2D eigenvalue weighted by Gasteiger charge is -2.22. The van der Waals surface area contributed by atoms with Crippen LogP contribution in [0, 0.1) is 5.41 Å². The molecule has 0 aliphatic carbocycles. The third-order valence-corrected chi connectivity index (χ3v) is 8.07. The zero-order valence-electron chi connectivity index (χ0n) is 26.0. The minimum atomic E-state index is -0.964. The van der Waals surface area contributed by atoms with Gasteiger partial charge in [-0.05, 0) is 62.9 Å². The number of carboxylic acids is 1. The molecule has 3 aliphatic heterocycles. The van der Waals surface area contributed by atoms with E-state index in [1.807, 2.05) is 31.2 Å². The molecule has 0 radical (unpaired) electrons. The van der Waals surface area contributed by atoms with Crippen LogP contribution in [0.3, 0.4) is 0 Å². The summed E-state index contributed by atoms with van der Waals surface area (Å²) in [6, 6.07) is 13.4. The maximum Gasteiger partial charge on any atom is 0.323 e. The summed E-state index contributed by atoms with van der Waals surface area (Å²) in [5.41, 5.74) is 1.08. The summed E-state index contributed by atoms with van der Waals surface area (Å²) in [4.78, 5) is 40.3. The largest absolute Gasteiger partial charge is 0.494 e. The van der Waals surface area contributed by atoms with E-state index in [1.165, 1.54) is 0 Å². The summed E-state index contributed by atoms with van der Waals surface area (Å²) in [7, 11) is 0. The number of nitrogens with one attached hydrogen (secondary N) is 2. The number of ether oxygens (including phenoxy) is 3. The standard InChI is InChI=1S/C33H42N6O6/c1-3-43-32-37-30-34-21-23-10-13-25(14-11-23)44-18-8-6-4-5-7-9-19-45-27-20-24(35-31(36-30)38-32)12-15-26(27)28(40)39-17-16-33(2,22-39)29(41)42/h10-15,20H,3-9,16-19,21-22H2,1-2H3,(H,41,42)(H2,34,35,36,37,38). The van der Waals surface area contributed by atoms with Crippen molar-refractivity contribution in [2.75, 3.05) is 43.5 Å². The van der Waals surface area contributed by atoms with Crippen molar-refractivity contribution >= 4 is 29.5 Å². The number of nitrogens with zero attached hydrogens (tertiary/aromatic N) is 4. The molecule has 1 fully saturated rings. The Labute approximate surface area is 263 Å². The van der Waals surface area contributed by atoms with Crippen LogP contribution in [0.15, 0.2) is 42.5 Å². The minimum absolute atomic E-state index is 0.149. The van der Waals surface area contributed by atoms with E-state index in [9.17, 15) is 14.7 Å². The van der Waals surface area contributed by atoms with Gasteiger partial charge in [0.15, 0.2) is 0 Å². The Kier molecular flexibility index (Phi) is 10.5. The molecule has 1 amide bonds. The van der Waals surface area contributed by atoms with Crippen molar-refractivity contribution in [3.63, 3.8) is 0 Å². The molecule has 1 unspecified atom stereocenters. The van der Waals surface area contributed by atoms with Crippen molar-refractivity contribution < 1.29 is 28.9 Å². The molecule has 4 heterocycles. The van der Waals surface area contributed by atoms with E-state index in [2.05, 4.69) is 25.6 Å². The van der Waals surface area contributed by atoms with E-state index in [0.717, 1.165) is 49.8 Å². The van der Waals surface area contributed by atoms with Crippen molar-refractivity contribution in [1.82, 2.24) is 19.9 Å². The quantitative estimate of drug-likeness (QED) is 0.332. The van der Waals surface area contributed by atoms with E-state index < -0.39 is 11.4 Å². The first-order chi connectivity index (χ1) is 21.8. The lowest BCUT2D eigenvalue weighted by atomic mass is 9.90. The van der Waals surface area contributed by atoms with Crippen molar-refractivity contribution in [2.24, 2.45) is 5.41 Å². The SMILES string of the molecule is CCOc1nc2nc(n1)Nc1ccc(C(=O)N3CCC(C)(C(=O)O)C3)c(c1)OCCCCCCCCOc1ccc(cc1)CN2. The highest BCUT2D eigenvalue weighted by Crippen LogP contribution is 2.34. The summed E-state index contributed by atoms with van der Waals surface area (Å²) in [5, 5.41) is 16.1. The maximum atomic E-state index is 13.6. The number of aliphatic carboxylic acids is 1. The topological polar surface area (TPSA) is 148 Å². The van der Waals surface area contributed by atoms with Crippen LogP contribution in [-0.4, -0.2) is 69.7 Å². The van der Waals surface area contributed by atoms with Crippen molar-refractivity contribution in [1.29, 1.82) is 0 Å². The second kappa shape index (κ2) is 14.9. The van der Waals surface area contributed by atoms with Gasteiger partial charge in [0.25, 0.3) is 5.91 Å². The summed E-state index contributed by atoms with van der Waals surface area (Å²) in [6.45, 7) is 6.05. The highest BCUT2D eigenvalue weighted by Gasteiger charge is 2.42. The number of likely N-dealkylation sites (tertiary alicyclic amines) is 1. The van der Waals surface area contributed by atoms with Crippen molar-refractivity contribution in [2.45, 2.75) is 65.3 Å². The molecule has 240 valence electrons. The second-order valence-corrected chi connectivity index (χ2v) is 11.7. The molecule has 2 aromatic carbocycles. The zero-order valence-corrected chi connectivity index (χ0v) is 26.0. The van der Waals surface area contributed by atoms with E-state index in [-0.39, 0.29) is 24.4 Å². The van der Waals surface area contributed by atoms with Crippen LogP contribution in [0.2, 0.25) is 0 Å². The molecule has 0 spiro atoms. The van der Waals surface area contributed by atoms with E-state index >= 15 is 0 Å². The predicted molar refractivity (Wildman–Crippen MR) is 169 cm³/mol. The Morgan fingerprint density at radius 2 is 1.67 bits per heavy atom. The molecule has 1 atom stereocenters. The third kappa shape index (κ3) is 8.52. The average molecular weight is 619 g/mol. The number of carbonyl (C=O) groups excluding carboxylic acids is 1. The fraction of sp³-hybridized carbons (Fsp3) is 0.485. The van der Waals surface area contributed by atoms with Gasteiger partial charge in [-0.15, -0.1) is 0 Å². The molecule has 6 rings (SSSR count). The molecule has 45 heavy (non-hydrogen) atoms. The normalized spacial score (nSPS) is 19.4. The van der Waals surface area contributed by atoms with Crippen LogP contribution in [0.4, 0.5) is 17.6 Å². The Balaban J connectivity index is 1.40. The maximum absolute atomic E-state index is 13.6. The highest BCUT2D eigenvalue weighted by atomic mass is 16.5. The number of anilines is 3. The van der Waals surface area contributed by atoms with Gasteiger partial charge in [-0.25, -0.2) is 0 Å². The average Bonchev–Trinajstić information content (AvgIpc) is 3.44. The third-order valence-electron chi connectivity index (χ3n) is 8.07. The van der Waals surface area contributed by atoms with Gasteiger partial charge >= 0.3 is 12.0 Å². The van der Waals surface area contributed by atoms with Gasteiger partial charge < -0.3 is 34.9 Å². The first-order valence-corrected chi connectivity index (χ1v) is 15.7. The number of carbonyl (C=O) groups is 2. The van der Waals surface area contributed by atoms with Gasteiger partial charge in [0, 0.05) is 31.4 Å². The highest BCUT2D eigenvalue weighted by molar-refractivity contribution is 5.98. The van der Waals surface area contributed by atoms with Crippen molar-refractivity contribution in [3.8, 4) is 17.5 Å². The molecule has 12 heteroatoms. The number of benzene rings is 2. The fourth-order valence-electron chi connectivity index (χ4n) is 5.36. The summed E-state index contributed by atoms with van der Waals surface area (Å²) < 4.78 is 17.7. The lowest BCUT2D eigenvalue weighted by molar-refractivity contribution is -0.147. The summed E-state index contributed by atoms with van der Waals surface area (Å²) in [5.74, 6) is 0.724. The number of carboxylic acid groups (broad SMARTS) is 1. The van der Waals surface area contributed by atoms with Crippen molar-refractivity contribution in [3.05, 3.63) is 53.6 Å². The molecule has 3 aliphatic rings. The Morgan fingerprint density at radius 1 is 0.956 bits per heavy atom. The molecular weight excluding hydrogens is 576 g/mol. The number of fused-ring (bicyclic) bond motifs is 12. The Morgan fingerprint density at radius 3 is 2.38 bits per heavy atom. The van der Waals surface area contributed by atoms with Gasteiger partial charge in [0.05, 0.1) is 30.8 Å². The first-order valence-electron chi connectivity index (χ1n) is 15.7. The smallest absolute Gasteiger partial charge is 0.323 e. The fourth-order valence-corrected chi connectivity index (χ4v) is 5.36. The summed E-state index contributed by atoms with van der Waals surface area (Å²) >= 11 is 0. The molecule has 12 nitrogen and oxygen atoms in total. The van der Waals surface area contributed by atoms with Gasteiger partial charge in [0.2, 0.25) is 11.9 Å². The van der Waals surface area contributed by atoms with Crippen LogP contribution in [0.25, 0.3) is 0 Å². The molecule has 3 aromatic rings. The van der Waals surface area contributed by atoms with Crippen LogP contribution in [0.1, 0.15) is 74.7 Å². The number of amides is 1. The molecule has 0 saturated carbocycles. The Bertz CT molecular complexity index is 1470. The van der Waals surface area contributed by atoms with E-state index in [4.69, 9.17) is 14.2 Å². The molecule has 1 saturated heterocycles. The minimum Gasteiger partial charge on any atom is -0.494 e. The van der Waals surface area contributed by atoms with E-state index in [0.29, 0.717) is 62.3 Å². The number of hydrogen-bond donors (Lipinski definition) is 3. The number of aromatic nitrogens is 3. The second-order valence-electron chi connectivity index (χ2n) is 11.7. The molecule has 3 N–H and O–H groups in total. The number of rotatable bonds is 4.